The smallest absolute Gasteiger partial charge is 0.131 e. The third kappa shape index (κ3) is 1.02. The van der Waals surface area contributed by atoms with Crippen molar-refractivity contribution in [3.63, 3.8) is 0 Å². The summed E-state index contributed by atoms with van der Waals surface area (Å²) in [6.45, 7) is 1.80. The van der Waals surface area contributed by atoms with Crippen molar-refractivity contribution in [2.24, 2.45) is 4.99 Å². The molecule has 0 spiro atoms. The molecule has 0 N–H and O–H groups in total. The maximum atomic E-state index is 13.0. The van der Waals surface area contributed by atoms with Crippen LogP contribution in [0, 0.1) is 11.6 Å². The quantitative estimate of drug-likeness (QED) is 0.563. The Morgan fingerprint density at radius 2 is 2.08 bits per heavy atom. The number of rotatable bonds is 0. The molecule has 1 aliphatic heterocycles. The maximum absolute atomic E-state index is 13.0. The van der Waals surface area contributed by atoms with E-state index in [0.29, 0.717) is 17.7 Å². The van der Waals surface area contributed by atoms with Crippen molar-refractivity contribution >= 4 is 11.4 Å². The normalized spacial score (nSPS) is 14.4. The Kier molecular flexibility index (Phi) is 1.46. The number of fused-ring (bicyclic) bond motifs is 1. The van der Waals surface area contributed by atoms with Gasteiger partial charge in [-0.1, -0.05) is 0 Å². The van der Waals surface area contributed by atoms with Gasteiger partial charge in [0.25, 0.3) is 0 Å². The molecule has 1 nitrogen and oxygen atoms in total. The Bertz CT molecular complexity index is 369. The van der Waals surface area contributed by atoms with Crippen molar-refractivity contribution in [2.75, 3.05) is 0 Å². The third-order valence-corrected chi connectivity index (χ3v) is 1.88. The summed E-state index contributed by atoms with van der Waals surface area (Å²) in [6, 6.07) is 2.15. The van der Waals surface area contributed by atoms with E-state index in [0.717, 1.165) is 11.8 Å². The SMILES string of the molecule is CC1=Nc2cc(F)cc(F)c2C1. The second-order valence-electron chi connectivity index (χ2n) is 2.91. The summed E-state index contributed by atoms with van der Waals surface area (Å²) in [4.78, 5) is 4.01. The van der Waals surface area contributed by atoms with Gasteiger partial charge in [-0.3, -0.25) is 4.99 Å². The first-order valence-electron chi connectivity index (χ1n) is 3.69. The summed E-state index contributed by atoms with van der Waals surface area (Å²) in [5.41, 5.74) is 1.77. The largest absolute Gasteiger partial charge is 0.257 e. The molecule has 62 valence electrons. The minimum Gasteiger partial charge on any atom is -0.257 e. The van der Waals surface area contributed by atoms with E-state index in [-0.39, 0.29) is 0 Å². The van der Waals surface area contributed by atoms with Crippen molar-refractivity contribution in [1.29, 1.82) is 0 Å². The molecule has 0 bridgehead atoms. The summed E-state index contributed by atoms with van der Waals surface area (Å²) < 4.78 is 25.7. The van der Waals surface area contributed by atoms with Gasteiger partial charge in [0.05, 0.1) is 5.69 Å². The van der Waals surface area contributed by atoms with Crippen molar-refractivity contribution in [1.82, 2.24) is 0 Å². The molecule has 2 rings (SSSR count). The van der Waals surface area contributed by atoms with E-state index in [1.165, 1.54) is 6.07 Å². The van der Waals surface area contributed by atoms with E-state index in [4.69, 9.17) is 0 Å². The van der Waals surface area contributed by atoms with Crippen LogP contribution in [-0.2, 0) is 6.42 Å². The molecule has 1 heterocycles. The predicted octanol–water partition coefficient (Wildman–Crippen LogP) is 2.61. The molecule has 1 aromatic rings. The lowest BCUT2D eigenvalue weighted by Crippen LogP contribution is -1.92. The van der Waals surface area contributed by atoms with Crippen LogP contribution in [0.4, 0.5) is 14.5 Å². The van der Waals surface area contributed by atoms with Crippen LogP contribution in [0.5, 0.6) is 0 Å². The van der Waals surface area contributed by atoms with Gasteiger partial charge in [-0.2, -0.15) is 0 Å². The average Bonchev–Trinajstić information content (AvgIpc) is 2.29. The van der Waals surface area contributed by atoms with Crippen molar-refractivity contribution < 1.29 is 8.78 Å². The van der Waals surface area contributed by atoms with Gasteiger partial charge in [0.2, 0.25) is 0 Å². The zero-order valence-electron chi connectivity index (χ0n) is 6.56. The van der Waals surface area contributed by atoms with Gasteiger partial charge in [0, 0.05) is 23.8 Å². The fourth-order valence-corrected chi connectivity index (χ4v) is 1.37. The Morgan fingerprint density at radius 1 is 1.33 bits per heavy atom. The Balaban J connectivity index is 2.61. The van der Waals surface area contributed by atoms with Crippen LogP contribution in [0.15, 0.2) is 17.1 Å². The van der Waals surface area contributed by atoms with E-state index in [1.54, 1.807) is 6.92 Å². The van der Waals surface area contributed by atoms with Crippen molar-refractivity contribution in [3.05, 3.63) is 29.3 Å². The maximum Gasteiger partial charge on any atom is 0.131 e. The lowest BCUT2D eigenvalue weighted by Gasteiger charge is -1.98. The highest BCUT2D eigenvalue weighted by Crippen LogP contribution is 2.29. The lowest BCUT2D eigenvalue weighted by molar-refractivity contribution is 0.578. The Morgan fingerprint density at radius 3 is 2.83 bits per heavy atom. The fourth-order valence-electron chi connectivity index (χ4n) is 1.37. The van der Waals surface area contributed by atoms with E-state index in [9.17, 15) is 8.78 Å². The van der Waals surface area contributed by atoms with Crippen LogP contribution in [0.3, 0.4) is 0 Å². The Labute approximate surface area is 68.7 Å². The number of hydrogen-bond acceptors (Lipinski definition) is 1. The van der Waals surface area contributed by atoms with Crippen molar-refractivity contribution in [3.8, 4) is 0 Å². The van der Waals surface area contributed by atoms with Gasteiger partial charge in [0.15, 0.2) is 0 Å². The summed E-state index contributed by atoms with van der Waals surface area (Å²) >= 11 is 0. The van der Waals surface area contributed by atoms with E-state index < -0.39 is 11.6 Å². The molecule has 0 fully saturated rings. The van der Waals surface area contributed by atoms with E-state index in [2.05, 4.69) is 4.99 Å². The standard InChI is InChI=1S/C9H7F2N/c1-5-2-7-8(11)3-6(10)4-9(7)12-5/h3-4H,2H2,1H3. The minimum absolute atomic E-state index is 0.435. The summed E-state index contributed by atoms with van der Waals surface area (Å²) in [5.74, 6) is -1.06. The molecule has 0 aliphatic carbocycles. The monoisotopic (exact) mass is 167 g/mol. The molecular weight excluding hydrogens is 160 g/mol. The number of aliphatic imine (C=N–C) groups is 1. The first kappa shape index (κ1) is 7.40. The molecule has 0 radical (unpaired) electrons. The second-order valence-corrected chi connectivity index (χ2v) is 2.91. The zero-order chi connectivity index (χ0) is 8.72. The van der Waals surface area contributed by atoms with Gasteiger partial charge in [-0.05, 0) is 13.0 Å². The summed E-state index contributed by atoms with van der Waals surface area (Å²) in [5, 5.41) is 0. The molecular formula is C9H7F2N. The Hall–Kier alpha value is -1.25. The second kappa shape index (κ2) is 2.37. The van der Waals surface area contributed by atoms with Gasteiger partial charge < -0.3 is 0 Å². The molecule has 12 heavy (non-hydrogen) atoms. The lowest BCUT2D eigenvalue weighted by atomic mass is 10.1. The fraction of sp³-hybridized carbons (Fsp3) is 0.222. The van der Waals surface area contributed by atoms with Crippen LogP contribution >= 0.6 is 0 Å². The van der Waals surface area contributed by atoms with Crippen molar-refractivity contribution in [2.45, 2.75) is 13.3 Å². The van der Waals surface area contributed by atoms with Gasteiger partial charge in [0.1, 0.15) is 11.6 Å². The molecule has 1 aliphatic rings. The number of hydrogen-bond donors (Lipinski definition) is 0. The predicted molar refractivity (Wildman–Crippen MR) is 42.8 cm³/mol. The highest BCUT2D eigenvalue weighted by molar-refractivity contribution is 5.92. The van der Waals surface area contributed by atoms with Crippen LogP contribution in [0.1, 0.15) is 12.5 Å². The average molecular weight is 167 g/mol. The molecule has 3 heteroatoms. The molecule has 0 amide bonds. The number of halogens is 2. The van der Waals surface area contributed by atoms with Gasteiger partial charge >= 0.3 is 0 Å². The summed E-state index contributed by atoms with van der Waals surface area (Å²) in [7, 11) is 0. The van der Waals surface area contributed by atoms with E-state index >= 15 is 0 Å². The molecule has 1 aromatic carbocycles. The summed E-state index contributed by atoms with van der Waals surface area (Å²) in [6.07, 6.45) is 0.501. The molecule has 0 saturated carbocycles. The van der Waals surface area contributed by atoms with Crippen LogP contribution in [0.25, 0.3) is 0 Å². The van der Waals surface area contributed by atoms with Crippen LogP contribution in [-0.4, -0.2) is 5.71 Å². The van der Waals surface area contributed by atoms with Gasteiger partial charge in [-0.15, -0.1) is 0 Å². The molecule has 0 atom stereocenters. The molecule has 0 saturated heterocycles. The third-order valence-electron chi connectivity index (χ3n) is 1.88. The molecule has 0 unspecified atom stereocenters. The first-order valence-corrected chi connectivity index (χ1v) is 3.69. The van der Waals surface area contributed by atoms with E-state index in [1.807, 2.05) is 0 Å². The zero-order valence-corrected chi connectivity index (χ0v) is 6.56. The topological polar surface area (TPSA) is 12.4 Å². The van der Waals surface area contributed by atoms with Gasteiger partial charge in [-0.25, -0.2) is 8.78 Å². The van der Waals surface area contributed by atoms with Crippen LogP contribution in [0.2, 0.25) is 0 Å². The number of nitrogens with zero attached hydrogens (tertiary/aromatic N) is 1. The minimum atomic E-state index is -0.565. The number of benzene rings is 1. The molecule has 0 aromatic heterocycles. The highest BCUT2D eigenvalue weighted by Gasteiger charge is 2.16. The van der Waals surface area contributed by atoms with Crippen LogP contribution < -0.4 is 0 Å². The highest BCUT2D eigenvalue weighted by atomic mass is 19.1. The first-order chi connectivity index (χ1) is 5.66.